The third-order valence-corrected chi connectivity index (χ3v) is 9.84. The number of hydrogen-bond acceptors (Lipinski definition) is 8. The van der Waals surface area contributed by atoms with Crippen molar-refractivity contribution >= 4 is 38.7 Å². The highest BCUT2D eigenvalue weighted by Crippen LogP contribution is 2.34. The van der Waals surface area contributed by atoms with Crippen LogP contribution in [0.15, 0.2) is 82.7 Å². The Bertz CT molecular complexity index is 1690. The molecule has 0 bridgehead atoms. The summed E-state index contributed by atoms with van der Waals surface area (Å²) in [5.74, 6) is 0.433. The first kappa shape index (κ1) is 26.2. The van der Waals surface area contributed by atoms with E-state index in [1.165, 1.54) is 41.7 Å². The van der Waals surface area contributed by atoms with E-state index in [2.05, 4.69) is 20.9 Å². The third kappa shape index (κ3) is 5.23. The molecular weight excluding hydrogens is 548 g/mol. The van der Waals surface area contributed by atoms with E-state index >= 15 is 0 Å². The fourth-order valence-electron chi connectivity index (χ4n) is 4.76. The van der Waals surface area contributed by atoms with Gasteiger partial charge >= 0.3 is 0 Å². The molecule has 2 aliphatic heterocycles. The number of fused-ring (bicyclic) bond motifs is 2. The molecule has 1 saturated heterocycles. The van der Waals surface area contributed by atoms with E-state index in [9.17, 15) is 18.0 Å². The molecule has 4 aromatic rings. The lowest BCUT2D eigenvalue weighted by atomic mass is 10.1. The molecule has 40 heavy (non-hydrogen) atoms. The number of hydrogen-bond donors (Lipinski definition) is 3. The minimum absolute atomic E-state index is 0.0542. The van der Waals surface area contributed by atoms with Gasteiger partial charge in [-0.2, -0.15) is 0 Å². The smallest absolute Gasteiger partial charge is 0.257 e. The van der Waals surface area contributed by atoms with Crippen LogP contribution in [0.3, 0.4) is 0 Å². The Morgan fingerprint density at radius 1 is 1.07 bits per heavy atom. The predicted octanol–water partition coefficient (Wildman–Crippen LogP) is 4.13. The number of amides is 2. The monoisotopic (exact) mass is 574 g/mol. The number of anilines is 1. The molecule has 9 nitrogen and oxygen atoms in total. The maximum atomic E-state index is 13.2. The van der Waals surface area contributed by atoms with Crippen molar-refractivity contribution < 1.29 is 22.7 Å². The number of carbonyl (C=O) groups excluding carboxylic acids is 2. The molecule has 0 aliphatic carbocycles. The summed E-state index contributed by atoms with van der Waals surface area (Å²) in [5.41, 5.74) is 1.32. The minimum atomic E-state index is -3.93. The Labute approximate surface area is 235 Å². The largest absolute Gasteiger partial charge is 0.493 e. The number of rotatable bonds is 7. The molecule has 0 spiro atoms. The van der Waals surface area contributed by atoms with E-state index in [-0.39, 0.29) is 33.2 Å². The van der Waals surface area contributed by atoms with Crippen molar-refractivity contribution in [2.45, 2.75) is 22.8 Å². The van der Waals surface area contributed by atoms with Crippen LogP contribution in [0, 0.1) is 5.92 Å². The molecule has 3 aromatic carbocycles. The quantitative estimate of drug-likeness (QED) is 0.303. The van der Waals surface area contributed by atoms with Crippen molar-refractivity contribution in [3.05, 3.63) is 88.9 Å². The van der Waals surface area contributed by atoms with Crippen LogP contribution < -0.4 is 20.7 Å². The highest BCUT2D eigenvalue weighted by Gasteiger charge is 2.31. The van der Waals surface area contributed by atoms with Crippen LogP contribution in [0.25, 0.3) is 10.6 Å². The van der Waals surface area contributed by atoms with Gasteiger partial charge in [0.1, 0.15) is 10.8 Å². The summed E-state index contributed by atoms with van der Waals surface area (Å²) in [6.07, 6.45) is 2.86. The molecule has 1 aromatic heterocycles. The van der Waals surface area contributed by atoms with Gasteiger partial charge < -0.3 is 20.7 Å². The zero-order chi connectivity index (χ0) is 27.7. The molecule has 1 atom stereocenters. The Morgan fingerprint density at radius 3 is 2.70 bits per heavy atom. The van der Waals surface area contributed by atoms with Gasteiger partial charge in [0.05, 0.1) is 34.2 Å². The van der Waals surface area contributed by atoms with Crippen LogP contribution in [0.5, 0.6) is 5.75 Å². The maximum absolute atomic E-state index is 13.2. The predicted molar refractivity (Wildman–Crippen MR) is 151 cm³/mol. The van der Waals surface area contributed by atoms with Crippen LogP contribution in [0.4, 0.5) is 5.69 Å². The molecule has 2 amide bonds. The lowest BCUT2D eigenvalue weighted by molar-refractivity contribution is 0.0949. The molecular formula is C29H26N4O5S2. The molecule has 0 radical (unpaired) electrons. The van der Waals surface area contributed by atoms with Crippen LogP contribution in [0.1, 0.15) is 32.0 Å². The third-order valence-electron chi connectivity index (χ3n) is 6.93. The van der Waals surface area contributed by atoms with Crippen LogP contribution in [-0.2, 0) is 16.4 Å². The molecule has 204 valence electrons. The average Bonchev–Trinajstić information content (AvgIpc) is 3.66. The first-order chi connectivity index (χ1) is 19.4. The van der Waals surface area contributed by atoms with E-state index in [0.29, 0.717) is 12.5 Å². The number of nitrogens with zero attached hydrogens (tertiary/aromatic N) is 1. The fraction of sp³-hybridized carbons (Fsp3) is 0.207. The average molecular weight is 575 g/mol. The molecule has 0 saturated carbocycles. The van der Waals surface area contributed by atoms with Crippen LogP contribution >= 0.6 is 11.3 Å². The van der Waals surface area contributed by atoms with Gasteiger partial charge in [-0.3, -0.25) is 9.59 Å². The second kappa shape index (κ2) is 10.8. The fourth-order valence-corrected chi connectivity index (χ4v) is 7.21. The van der Waals surface area contributed by atoms with Gasteiger partial charge in [-0.1, -0.05) is 12.1 Å². The zero-order valence-corrected chi connectivity index (χ0v) is 23.0. The van der Waals surface area contributed by atoms with Crippen LogP contribution in [-0.4, -0.2) is 44.9 Å². The lowest BCUT2D eigenvalue weighted by Gasteiger charge is -2.11. The highest BCUT2D eigenvalue weighted by molar-refractivity contribution is 7.91. The van der Waals surface area contributed by atoms with Gasteiger partial charge in [0.2, 0.25) is 9.84 Å². The van der Waals surface area contributed by atoms with Crippen molar-refractivity contribution in [2.75, 3.05) is 25.0 Å². The van der Waals surface area contributed by atoms with Crippen LogP contribution in [0.2, 0.25) is 0 Å². The highest BCUT2D eigenvalue weighted by atomic mass is 32.2. The normalized spacial score (nSPS) is 17.3. The number of sulfone groups is 1. The Balaban J connectivity index is 1.10. The molecule has 0 unspecified atom stereocenters. The molecule has 11 heteroatoms. The minimum Gasteiger partial charge on any atom is -0.493 e. The zero-order valence-electron chi connectivity index (χ0n) is 21.3. The van der Waals surface area contributed by atoms with E-state index in [0.717, 1.165) is 40.7 Å². The van der Waals surface area contributed by atoms with Gasteiger partial charge in [-0.25, -0.2) is 13.4 Å². The van der Waals surface area contributed by atoms with Crippen molar-refractivity contribution in [1.29, 1.82) is 0 Å². The summed E-state index contributed by atoms with van der Waals surface area (Å²) >= 11 is 1.47. The number of ether oxygens (including phenoxy) is 1. The number of benzene rings is 3. The first-order valence-electron chi connectivity index (χ1n) is 12.8. The summed E-state index contributed by atoms with van der Waals surface area (Å²) in [4.78, 5) is 30.8. The number of thiazole rings is 1. The molecule has 1 fully saturated rings. The Morgan fingerprint density at radius 2 is 1.90 bits per heavy atom. The topological polar surface area (TPSA) is 126 Å². The second-order valence-electron chi connectivity index (χ2n) is 9.67. The summed E-state index contributed by atoms with van der Waals surface area (Å²) in [6.45, 7) is 2.99. The second-order valence-corrected chi connectivity index (χ2v) is 12.7. The van der Waals surface area contributed by atoms with E-state index in [1.54, 1.807) is 18.3 Å². The molecule has 3 heterocycles. The van der Waals surface area contributed by atoms with Gasteiger partial charge in [0.25, 0.3) is 11.8 Å². The number of carbonyl (C=O) groups is 2. The molecule has 6 rings (SSSR count). The van der Waals surface area contributed by atoms with E-state index in [1.807, 2.05) is 24.3 Å². The summed E-state index contributed by atoms with van der Waals surface area (Å²) in [6, 6.07) is 18.0. The Kier molecular flexibility index (Phi) is 7.09. The van der Waals surface area contributed by atoms with Gasteiger partial charge in [-0.05, 0) is 67.6 Å². The standard InChI is InChI=1S/C29H26N4O5S2/c34-27(20-7-10-26-24(13-20)33-28(35)23-3-1-2-4-25(23)40(26,36)37)31-15-22-16-32-29(39-22)19-5-8-21(9-6-19)38-17-18-11-12-30-14-18/h1-10,13,16,18,30H,11-12,14-15,17H2,(H,31,34)(H,33,35)/t18-/m0/s1. The summed E-state index contributed by atoms with van der Waals surface area (Å²) in [7, 11) is -3.93. The lowest BCUT2D eigenvalue weighted by Crippen LogP contribution is -2.22. The van der Waals surface area contributed by atoms with Crippen molar-refractivity contribution in [3.63, 3.8) is 0 Å². The van der Waals surface area contributed by atoms with Gasteiger partial charge in [0.15, 0.2) is 0 Å². The Hall–Kier alpha value is -4.06. The number of nitrogens with one attached hydrogen (secondary N) is 3. The van der Waals surface area contributed by atoms with Crippen molar-refractivity contribution in [1.82, 2.24) is 15.6 Å². The summed E-state index contributed by atoms with van der Waals surface area (Å²) in [5, 5.41) is 9.65. The SMILES string of the molecule is O=C(NCc1cnc(-c2ccc(OC[C@H]3CCNC3)cc2)s1)c1ccc2c(c1)NC(=O)c1ccccc1S2(=O)=O. The molecule has 3 N–H and O–H groups in total. The van der Waals surface area contributed by atoms with Gasteiger partial charge in [0, 0.05) is 34.7 Å². The van der Waals surface area contributed by atoms with Crippen molar-refractivity contribution in [3.8, 4) is 16.3 Å². The van der Waals surface area contributed by atoms with Gasteiger partial charge in [-0.15, -0.1) is 11.3 Å². The number of aromatic nitrogens is 1. The van der Waals surface area contributed by atoms with Crippen molar-refractivity contribution in [2.24, 2.45) is 5.92 Å². The van der Waals surface area contributed by atoms with E-state index < -0.39 is 21.7 Å². The molecule has 2 aliphatic rings. The van der Waals surface area contributed by atoms with E-state index in [4.69, 9.17) is 4.74 Å². The maximum Gasteiger partial charge on any atom is 0.257 e. The summed E-state index contributed by atoms with van der Waals surface area (Å²) < 4.78 is 32.2. The first-order valence-corrected chi connectivity index (χ1v) is 15.1.